The van der Waals surface area contributed by atoms with Gasteiger partial charge < -0.3 is 14.5 Å². The number of piperidine rings is 1. The number of ether oxygens (including phenoxy) is 1. The van der Waals surface area contributed by atoms with Crippen molar-refractivity contribution in [1.82, 2.24) is 15.1 Å². The molecule has 2 fully saturated rings. The van der Waals surface area contributed by atoms with E-state index >= 15 is 0 Å². The number of anilines is 1. The van der Waals surface area contributed by atoms with Gasteiger partial charge in [0.25, 0.3) is 5.91 Å². The zero-order valence-electron chi connectivity index (χ0n) is 15.6. The molecule has 2 saturated heterocycles. The lowest BCUT2D eigenvalue weighted by Crippen LogP contribution is -2.39. The standard InChI is InChI=1S/C21H26N4O2/c26-21(19-6-7-20(23-22-19)24-12-14-27-15-13-24)25-10-8-18(9-11-25)16-17-4-2-1-3-5-17/h1-7,18H,8-16H2. The van der Waals surface area contributed by atoms with Crippen molar-refractivity contribution >= 4 is 11.7 Å². The van der Waals surface area contributed by atoms with Crippen molar-refractivity contribution < 1.29 is 9.53 Å². The highest BCUT2D eigenvalue weighted by Crippen LogP contribution is 2.23. The maximum Gasteiger partial charge on any atom is 0.274 e. The zero-order valence-corrected chi connectivity index (χ0v) is 15.6. The molecular weight excluding hydrogens is 340 g/mol. The number of carbonyl (C=O) groups is 1. The summed E-state index contributed by atoms with van der Waals surface area (Å²) in [6.45, 7) is 4.64. The van der Waals surface area contributed by atoms with Crippen LogP contribution in [0.5, 0.6) is 0 Å². The van der Waals surface area contributed by atoms with E-state index in [0.29, 0.717) is 24.8 Å². The van der Waals surface area contributed by atoms with Gasteiger partial charge in [-0.1, -0.05) is 30.3 Å². The van der Waals surface area contributed by atoms with E-state index in [-0.39, 0.29) is 5.91 Å². The second-order valence-electron chi connectivity index (χ2n) is 7.30. The van der Waals surface area contributed by atoms with Gasteiger partial charge in [-0.3, -0.25) is 4.79 Å². The minimum absolute atomic E-state index is 0.00538. The molecule has 6 nitrogen and oxygen atoms in total. The average molecular weight is 366 g/mol. The normalized spacial score (nSPS) is 18.5. The van der Waals surface area contributed by atoms with E-state index in [9.17, 15) is 4.79 Å². The quantitative estimate of drug-likeness (QED) is 0.832. The van der Waals surface area contributed by atoms with Gasteiger partial charge in [-0.15, -0.1) is 10.2 Å². The molecule has 0 unspecified atom stereocenters. The molecule has 142 valence electrons. The Bertz CT molecular complexity index is 737. The molecule has 0 bridgehead atoms. The first-order valence-electron chi connectivity index (χ1n) is 9.79. The number of nitrogens with zero attached hydrogens (tertiary/aromatic N) is 4. The molecule has 1 aromatic carbocycles. The molecule has 0 atom stereocenters. The first-order chi connectivity index (χ1) is 13.3. The van der Waals surface area contributed by atoms with Crippen molar-refractivity contribution in [2.45, 2.75) is 19.3 Å². The van der Waals surface area contributed by atoms with Crippen LogP contribution in [0.4, 0.5) is 5.82 Å². The molecule has 0 saturated carbocycles. The summed E-state index contributed by atoms with van der Waals surface area (Å²) in [5.41, 5.74) is 1.82. The number of morpholine rings is 1. The van der Waals surface area contributed by atoms with E-state index in [2.05, 4.69) is 45.4 Å². The largest absolute Gasteiger partial charge is 0.378 e. The highest BCUT2D eigenvalue weighted by Gasteiger charge is 2.25. The van der Waals surface area contributed by atoms with Crippen molar-refractivity contribution in [3.63, 3.8) is 0 Å². The summed E-state index contributed by atoms with van der Waals surface area (Å²) in [5.74, 6) is 1.46. The number of hydrogen-bond acceptors (Lipinski definition) is 5. The average Bonchev–Trinajstić information content (AvgIpc) is 2.75. The molecule has 4 rings (SSSR count). The molecule has 0 spiro atoms. The van der Waals surface area contributed by atoms with Gasteiger partial charge in [-0.25, -0.2) is 0 Å². The minimum Gasteiger partial charge on any atom is -0.378 e. The fourth-order valence-corrected chi connectivity index (χ4v) is 3.85. The van der Waals surface area contributed by atoms with E-state index in [1.54, 1.807) is 6.07 Å². The SMILES string of the molecule is O=C(c1ccc(N2CCOCC2)nn1)N1CCC(Cc2ccccc2)CC1. The molecule has 2 aliphatic rings. The third-order valence-electron chi connectivity index (χ3n) is 5.47. The predicted molar refractivity (Wildman–Crippen MR) is 104 cm³/mol. The number of rotatable bonds is 4. The molecule has 1 amide bonds. The fraction of sp³-hybridized carbons (Fsp3) is 0.476. The van der Waals surface area contributed by atoms with E-state index in [1.807, 2.05) is 11.0 Å². The lowest BCUT2D eigenvalue weighted by molar-refractivity contribution is 0.0683. The molecule has 1 aromatic heterocycles. The van der Waals surface area contributed by atoms with Gasteiger partial charge >= 0.3 is 0 Å². The number of aromatic nitrogens is 2. The van der Waals surface area contributed by atoms with Crippen LogP contribution in [0.2, 0.25) is 0 Å². The van der Waals surface area contributed by atoms with Crippen LogP contribution in [0.15, 0.2) is 42.5 Å². The Labute approximate surface area is 160 Å². The van der Waals surface area contributed by atoms with Gasteiger partial charge in [0, 0.05) is 26.2 Å². The summed E-state index contributed by atoms with van der Waals surface area (Å²) in [7, 11) is 0. The Morgan fingerprint density at radius 2 is 1.70 bits per heavy atom. The molecule has 0 N–H and O–H groups in total. The monoisotopic (exact) mass is 366 g/mol. The Morgan fingerprint density at radius 1 is 0.963 bits per heavy atom. The van der Waals surface area contributed by atoms with Gasteiger partial charge in [0.05, 0.1) is 13.2 Å². The third kappa shape index (κ3) is 4.45. The van der Waals surface area contributed by atoms with E-state index in [1.165, 1.54) is 5.56 Å². The highest BCUT2D eigenvalue weighted by molar-refractivity contribution is 5.92. The minimum atomic E-state index is -0.00538. The van der Waals surface area contributed by atoms with Crippen molar-refractivity contribution in [1.29, 1.82) is 0 Å². The lowest BCUT2D eigenvalue weighted by Gasteiger charge is -2.32. The Balaban J connectivity index is 1.31. The number of likely N-dealkylation sites (tertiary alicyclic amines) is 1. The van der Waals surface area contributed by atoms with Crippen molar-refractivity contribution in [2.75, 3.05) is 44.3 Å². The molecule has 0 radical (unpaired) electrons. The van der Waals surface area contributed by atoms with Gasteiger partial charge in [0.15, 0.2) is 11.5 Å². The summed E-state index contributed by atoms with van der Waals surface area (Å²) in [5, 5.41) is 8.45. The Hall–Kier alpha value is -2.47. The van der Waals surface area contributed by atoms with Crippen LogP contribution in [0, 0.1) is 5.92 Å². The molecule has 0 aliphatic carbocycles. The van der Waals surface area contributed by atoms with Crippen molar-refractivity contribution in [3.8, 4) is 0 Å². The number of benzene rings is 1. The first kappa shape index (κ1) is 17.9. The molecular formula is C21H26N4O2. The Kier molecular flexibility index (Phi) is 5.63. The summed E-state index contributed by atoms with van der Waals surface area (Å²) < 4.78 is 5.36. The highest BCUT2D eigenvalue weighted by atomic mass is 16.5. The van der Waals surface area contributed by atoms with Gasteiger partial charge in [0.1, 0.15) is 0 Å². The smallest absolute Gasteiger partial charge is 0.274 e. The summed E-state index contributed by atoms with van der Waals surface area (Å²) in [6, 6.07) is 14.3. The fourth-order valence-electron chi connectivity index (χ4n) is 3.85. The van der Waals surface area contributed by atoms with Crippen LogP contribution in [0.25, 0.3) is 0 Å². The van der Waals surface area contributed by atoms with Gasteiger partial charge in [-0.2, -0.15) is 0 Å². The molecule has 2 aromatic rings. The van der Waals surface area contributed by atoms with Crippen LogP contribution in [0.1, 0.15) is 28.9 Å². The van der Waals surface area contributed by atoms with E-state index < -0.39 is 0 Å². The molecule has 6 heteroatoms. The van der Waals surface area contributed by atoms with Crippen molar-refractivity contribution in [3.05, 3.63) is 53.7 Å². The summed E-state index contributed by atoms with van der Waals surface area (Å²) in [6.07, 6.45) is 3.18. The number of hydrogen-bond donors (Lipinski definition) is 0. The zero-order chi connectivity index (χ0) is 18.5. The number of carbonyl (C=O) groups excluding carboxylic acids is 1. The molecule has 2 aliphatic heterocycles. The van der Waals surface area contributed by atoms with Gasteiger partial charge in [0.2, 0.25) is 0 Å². The third-order valence-corrected chi connectivity index (χ3v) is 5.47. The number of amides is 1. The lowest BCUT2D eigenvalue weighted by atomic mass is 9.90. The van der Waals surface area contributed by atoms with Gasteiger partial charge in [-0.05, 0) is 42.9 Å². The van der Waals surface area contributed by atoms with E-state index in [0.717, 1.165) is 51.3 Å². The summed E-state index contributed by atoms with van der Waals surface area (Å²) >= 11 is 0. The van der Waals surface area contributed by atoms with Crippen LogP contribution in [-0.4, -0.2) is 60.4 Å². The van der Waals surface area contributed by atoms with Crippen molar-refractivity contribution in [2.24, 2.45) is 5.92 Å². The molecule has 3 heterocycles. The van der Waals surface area contributed by atoms with Crippen LogP contribution in [-0.2, 0) is 11.2 Å². The topological polar surface area (TPSA) is 58.6 Å². The summed E-state index contributed by atoms with van der Waals surface area (Å²) in [4.78, 5) is 16.8. The first-order valence-corrected chi connectivity index (χ1v) is 9.79. The van der Waals surface area contributed by atoms with Crippen LogP contribution in [0.3, 0.4) is 0 Å². The maximum atomic E-state index is 12.7. The molecule has 27 heavy (non-hydrogen) atoms. The predicted octanol–water partition coefficient (Wildman–Crippen LogP) is 2.41. The maximum absolute atomic E-state index is 12.7. The van der Waals surface area contributed by atoms with Crippen LogP contribution < -0.4 is 4.90 Å². The Morgan fingerprint density at radius 3 is 2.37 bits per heavy atom. The second-order valence-corrected chi connectivity index (χ2v) is 7.30. The second kappa shape index (κ2) is 8.48. The van der Waals surface area contributed by atoms with Crippen LogP contribution >= 0.6 is 0 Å². The van der Waals surface area contributed by atoms with E-state index in [4.69, 9.17) is 4.74 Å².